The summed E-state index contributed by atoms with van der Waals surface area (Å²) in [6.07, 6.45) is 4.03. The summed E-state index contributed by atoms with van der Waals surface area (Å²) < 4.78 is 26.0. The van der Waals surface area contributed by atoms with Crippen LogP contribution in [0.15, 0.2) is 48.5 Å². The van der Waals surface area contributed by atoms with Crippen LogP contribution in [-0.2, 0) is 20.5 Å². The van der Waals surface area contributed by atoms with Crippen molar-refractivity contribution in [2.45, 2.75) is 159 Å². The SMILES string of the molecule is C.CC(C)OC(=O)c1ccc([C@@H](CCC(C)(C)C)N[S@@](=O)C(C)(C)C)cc1.CC(C)OC(=O)c1ccc([C@H](C)CCC(C)(C)C)cc1.Cl. The van der Waals surface area contributed by atoms with E-state index in [1.54, 1.807) is 12.1 Å². The van der Waals surface area contributed by atoms with Gasteiger partial charge in [-0.2, -0.15) is 0 Å². The minimum absolute atomic E-state index is 0. The summed E-state index contributed by atoms with van der Waals surface area (Å²) in [5, 5.41) is 0. The first kappa shape index (κ1) is 47.9. The van der Waals surface area contributed by atoms with E-state index in [1.165, 1.54) is 18.4 Å². The van der Waals surface area contributed by atoms with Crippen molar-refractivity contribution in [1.82, 2.24) is 4.72 Å². The van der Waals surface area contributed by atoms with Crippen molar-refractivity contribution in [3.63, 3.8) is 0 Å². The Hall–Kier alpha value is -2.22. The van der Waals surface area contributed by atoms with Crippen LogP contribution in [0.25, 0.3) is 0 Å². The van der Waals surface area contributed by atoms with Gasteiger partial charge in [0.05, 0.1) is 39.1 Å². The zero-order valence-electron chi connectivity index (χ0n) is 31.6. The molecule has 0 spiro atoms. The van der Waals surface area contributed by atoms with Gasteiger partial charge in [-0.25, -0.2) is 18.5 Å². The van der Waals surface area contributed by atoms with E-state index in [1.807, 2.05) is 84.9 Å². The third-order valence-corrected chi connectivity index (χ3v) is 8.88. The minimum Gasteiger partial charge on any atom is -0.459 e. The quantitative estimate of drug-likeness (QED) is 0.222. The van der Waals surface area contributed by atoms with Crippen LogP contribution in [-0.4, -0.2) is 33.1 Å². The second kappa shape index (κ2) is 21.1. The Bertz CT molecular complexity index is 1240. The fraction of sp³-hybridized carbons (Fsp3) is 0.650. The highest BCUT2D eigenvalue weighted by atomic mass is 35.5. The first-order valence-corrected chi connectivity index (χ1v) is 17.9. The summed E-state index contributed by atoms with van der Waals surface area (Å²) >= 11 is 0. The number of esters is 2. The van der Waals surface area contributed by atoms with Gasteiger partial charge in [-0.3, -0.25) is 0 Å². The molecule has 0 bridgehead atoms. The van der Waals surface area contributed by atoms with Gasteiger partial charge in [0.2, 0.25) is 0 Å². The molecule has 0 heterocycles. The van der Waals surface area contributed by atoms with E-state index >= 15 is 0 Å². The second-order valence-corrected chi connectivity index (χ2v) is 18.3. The van der Waals surface area contributed by atoms with Crippen molar-refractivity contribution >= 4 is 35.3 Å². The van der Waals surface area contributed by atoms with Gasteiger partial charge in [-0.1, -0.05) is 80.2 Å². The molecule has 0 aliphatic heterocycles. The lowest BCUT2D eigenvalue weighted by atomic mass is 9.85. The predicted molar refractivity (Wildman–Crippen MR) is 208 cm³/mol. The van der Waals surface area contributed by atoms with Crippen molar-refractivity contribution in [2.24, 2.45) is 10.8 Å². The molecule has 0 unspecified atom stereocenters. The van der Waals surface area contributed by atoms with Crippen molar-refractivity contribution in [2.75, 3.05) is 0 Å². The van der Waals surface area contributed by atoms with Gasteiger partial charge in [-0.15, -0.1) is 12.4 Å². The summed E-state index contributed by atoms with van der Waals surface area (Å²) in [5.41, 5.74) is 4.06. The van der Waals surface area contributed by atoms with E-state index in [-0.39, 0.29) is 60.2 Å². The molecule has 48 heavy (non-hydrogen) atoms. The van der Waals surface area contributed by atoms with Crippen LogP contribution < -0.4 is 4.72 Å². The molecule has 0 aliphatic rings. The molecule has 2 rings (SSSR count). The Morgan fingerprint density at radius 1 is 0.646 bits per heavy atom. The normalized spacial score (nSPS) is 13.7. The molecular weight excluding hydrogens is 642 g/mol. The standard InChI is InChI=1S/C21H35NO3S.C18H28O2.CH4.ClH/c1-15(2)25-19(23)17-11-9-16(10-12-17)18(13-14-20(3,4)5)22-26(24)21(6,7)8;1-13(2)20-17(19)16-9-7-15(8-10-16)14(3)11-12-18(4,5)6;;/h9-12,15,18,22H,13-14H2,1-8H3;7-10,13-14H,11-12H2,1-6H3;1H4;1H/t18-,26+;14-;;/m11../s1. The van der Waals surface area contributed by atoms with E-state index in [4.69, 9.17) is 9.47 Å². The molecule has 0 radical (unpaired) electrons. The third-order valence-electron chi connectivity index (χ3n) is 7.27. The van der Waals surface area contributed by atoms with E-state index in [2.05, 4.69) is 53.2 Å². The molecule has 0 amide bonds. The van der Waals surface area contributed by atoms with Gasteiger partial charge in [0.1, 0.15) is 0 Å². The minimum atomic E-state index is -1.16. The van der Waals surface area contributed by atoms with Gasteiger partial charge in [0.25, 0.3) is 0 Å². The molecule has 276 valence electrons. The van der Waals surface area contributed by atoms with Crippen LogP contribution >= 0.6 is 12.4 Å². The number of nitrogens with one attached hydrogen (secondary N) is 1. The molecule has 0 aliphatic carbocycles. The topological polar surface area (TPSA) is 81.7 Å². The Labute approximate surface area is 302 Å². The molecule has 6 nitrogen and oxygen atoms in total. The molecule has 0 aromatic heterocycles. The van der Waals surface area contributed by atoms with Gasteiger partial charge >= 0.3 is 11.9 Å². The largest absolute Gasteiger partial charge is 0.459 e. The Kier molecular flexibility index (Phi) is 21.1. The maximum atomic E-state index is 12.6. The van der Waals surface area contributed by atoms with Crippen LogP contribution in [0.5, 0.6) is 0 Å². The number of ether oxygens (including phenoxy) is 2. The molecule has 2 aromatic rings. The van der Waals surface area contributed by atoms with Crippen molar-refractivity contribution in [1.29, 1.82) is 0 Å². The summed E-state index contributed by atoms with van der Waals surface area (Å²) in [5.74, 6) is -0.0395. The summed E-state index contributed by atoms with van der Waals surface area (Å²) in [7, 11) is -1.16. The number of rotatable bonds is 12. The Balaban J connectivity index is 0. The molecule has 8 heteroatoms. The summed E-state index contributed by atoms with van der Waals surface area (Å²) in [6.45, 7) is 28.9. The van der Waals surface area contributed by atoms with Gasteiger partial charge < -0.3 is 9.47 Å². The fourth-order valence-corrected chi connectivity index (χ4v) is 5.22. The van der Waals surface area contributed by atoms with Gasteiger partial charge in [0, 0.05) is 6.04 Å². The van der Waals surface area contributed by atoms with E-state index in [0.29, 0.717) is 22.5 Å². The van der Waals surface area contributed by atoms with Crippen molar-refractivity contribution in [3.05, 3.63) is 70.8 Å². The lowest BCUT2D eigenvalue weighted by molar-refractivity contribution is 0.0367. The van der Waals surface area contributed by atoms with E-state index < -0.39 is 11.0 Å². The lowest BCUT2D eigenvalue weighted by Gasteiger charge is -2.27. The molecule has 1 N–H and O–H groups in total. The second-order valence-electron chi connectivity index (χ2n) is 16.3. The van der Waals surface area contributed by atoms with Crippen LogP contribution in [0.1, 0.15) is 174 Å². The number of carbonyl (C=O) groups is 2. The summed E-state index contributed by atoms with van der Waals surface area (Å²) in [6, 6.07) is 15.2. The average Bonchev–Trinajstić information content (AvgIpc) is 2.92. The Morgan fingerprint density at radius 3 is 1.33 bits per heavy atom. The van der Waals surface area contributed by atoms with Crippen molar-refractivity contribution < 1.29 is 23.3 Å². The predicted octanol–water partition coefficient (Wildman–Crippen LogP) is 11.4. The first-order chi connectivity index (χ1) is 21.0. The van der Waals surface area contributed by atoms with Crippen molar-refractivity contribution in [3.8, 4) is 0 Å². The first-order valence-electron chi connectivity index (χ1n) is 16.8. The van der Waals surface area contributed by atoms with Crippen LogP contribution in [0.3, 0.4) is 0 Å². The number of halogens is 1. The third kappa shape index (κ3) is 19.7. The number of benzene rings is 2. The smallest absolute Gasteiger partial charge is 0.338 e. The number of carbonyl (C=O) groups excluding carboxylic acids is 2. The zero-order valence-corrected chi connectivity index (χ0v) is 33.2. The molecular formula is C40H68ClNO5S. The van der Waals surface area contributed by atoms with Crippen LogP contribution in [0.2, 0.25) is 0 Å². The maximum Gasteiger partial charge on any atom is 0.338 e. The average molecular weight is 711 g/mol. The van der Waals surface area contributed by atoms with E-state index in [9.17, 15) is 13.8 Å². The molecule has 0 saturated carbocycles. The van der Waals surface area contributed by atoms with E-state index in [0.717, 1.165) is 18.4 Å². The highest BCUT2D eigenvalue weighted by Crippen LogP contribution is 2.30. The number of hydrogen-bond donors (Lipinski definition) is 1. The Morgan fingerprint density at radius 2 is 1.00 bits per heavy atom. The molecule has 0 saturated heterocycles. The highest BCUT2D eigenvalue weighted by molar-refractivity contribution is 7.84. The molecule has 0 fully saturated rings. The van der Waals surface area contributed by atoms with Gasteiger partial charge in [0.15, 0.2) is 0 Å². The lowest BCUT2D eigenvalue weighted by Crippen LogP contribution is -2.36. The van der Waals surface area contributed by atoms with Crippen LogP contribution in [0, 0.1) is 10.8 Å². The fourth-order valence-electron chi connectivity index (χ4n) is 4.36. The maximum absolute atomic E-state index is 12.6. The van der Waals surface area contributed by atoms with Gasteiger partial charge in [-0.05, 0) is 126 Å². The number of hydrogen-bond acceptors (Lipinski definition) is 5. The zero-order chi connectivity index (χ0) is 35.5. The molecule has 3 atom stereocenters. The highest BCUT2D eigenvalue weighted by Gasteiger charge is 2.25. The monoisotopic (exact) mass is 709 g/mol. The van der Waals surface area contributed by atoms with Crippen LogP contribution in [0.4, 0.5) is 0 Å². The summed E-state index contributed by atoms with van der Waals surface area (Å²) in [4.78, 5) is 23.8. The molecule has 2 aromatic carbocycles.